The van der Waals surface area contributed by atoms with Crippen molar-refractivity contribution in [2.75, 3.05) is 20.6 Å². The Morgan fingerprint density at radius 3 is 2.32 bits per heavy atom. The lowest BCUT2D eigenvalue weighted by Gasteiger charge is -2.43. The molecule has 1 aromatic carbocycles. The first-order chi connectivity index (χ1) is 10.3. The van der Waals surface area contributed by atoms with E-state index in [2.05, 4.69) is 9.62 Å². The summed E-state index contributed by atoms with van der Waals surface area (Å²) in [6, 6.07) is 4.36. The van der Waals surface area contributed by atoms with Gasteiger partial charge >= 0.3 is 0 Å². The van der Waals surface area contributed by atoms with Gasteiger partial charge in [-0.3, -0.25) is 0 Å². The third-order valence-corrected chi connectivity index (χ3v) is 6.66. The summed E-state index contributed by atoms with van der Waals surface area (Å²) in [6.07, 6.45) is 5.49. The Labute approximate surface area is 142 Å². The maximum Gasteiger partial charge on any atom is 0.240 e. The molecule has 1 aliphatic carbocycles. The zero-order chi connectivity index (χ0) is 16.4. The van der Waals surface area contributed by atoms with Gasteiger partial charge in [-0.25, -0.2) is 13.1 Å². The van der Waals surface area contributed by atoms with Crippen LogP contribution in [0.1, 0.15) is 32.1 Å². The Balaban J connectivity index is 2.15. The Morgan fingerprint density at radius 1 is 1.14 bits per heavy atom. The van der Waals surface area contributed by atoms with Gasteiger partial charge in [0.25, 0.3) is 0 Å². The number of sulfonamides is 1. The average molecular weight is 365 g/mol. The number of nitrogens with zero attached hydrogens (tertiary/aromatic N) is 1. The molecule has 4 nitrogen and oxygen atoms in total. The van der Waals surface area contributed by atoms with Crippen LogP contribution in [0.3, 0.4) is 0 Å². The van der Waals surface area contributed by atoms with Gasteiger partial charge in [0.05, 0.1) is 14.9 Å². The third kappa shape index (κ3) is 3.95. The van der Waals surface area contributed by atoms with Crippen LogP contribution in [0, 0.1) is 0 Å². The smallest absolute Gasteiger partial charge is 0.240 e. The molecular weight excluding hydrogens is 343 g/mol. The second-order valence-corrected chi connectivity index (χ2v) is 8.66. The van der Waals surface area contributed by atoms with Crippen LogP contribution in [0.25, 0.3) is 0 Å². The molecule has 1 aromatic rings. The van der Waals surface area contributed by atoms with Crippen LogP contribution in [-0.4, -0.2) is 39.5 Å². The fourth-order valence-corrected chi connectivity index (χ4v) is 4.46. The number of nitrogens with one attached hydrogen (secondary N) is 1. The van der Waals surface area contributed by atoms with E-state index in [1.165, 1.54) is 24.6 Å². The normalized spacial score (nSPS) is 18.6. The van der Waals surface area contributed by atoms with Gasteiger partial charge in [0.2, 0.25) is 10.0 Å². The fraction of sp³-hybridized carbons (Fsp3) is 0.600. The molecule has 0 bridgehead atoms. The number of rotatable bonds is 5. The van der Waals surface area contributed by atoms with E-state index in [1.54, 1.807) is 0 Å². The molecule has 0 spiro atoms. The van der Waals surface area contributed by atoms with Crippen molar-refractivity contribution >= 4 is 33.2 Å². The molecule has 1 saturated carbocycles. The highest BCUT2D eigenvalue weighted by atomic mass is 35.5. The van der Waals surface area contributed by atoms with Crippen molar-refractivity contribution < 1.29 is 8.42 Å². The standard InChI is InChI=1S/C15H22Cl2N2O2S/c1-19(2)15(8-4-3-5-9-15)11-18-22(20,21)12-6-7-13(16)14(17)10-12/h6-7,10,18H,3-5,8-9,11H2,1-2H3. The summed E-state index contributed by atoms with van der Waals surface area (Å²) < 4.78 is 27.7. The summed E-state index contributed by atoms with van der Waals surface area (Å²) in [5.74, 6) is 0. The highest BCUT2D eigenvalue weighted by Crippen LogP contribution is 2.32. The van der Waals surface area contributed by atoms with Crippen LogP contribution in [0.4, 0.5) is 0 Å². The second kappa shape index (κ2) is 7.05. The van der Waals surface area contributed by atoms with Crippen molar-refractivity contribution in [2.45, 2.75) is 42.5 Å². The Morgan fingerprint density at radius 2 is 1.77 bits per heavy atom. The van der Waals surface area contributed by atoms with Gasteiger partial charge in [-0.2, -0.15) is 0 Å². The minimum Gasteiger partial charge on any atom is -0.302 e. The number of hydrogen-bond acceptors (Lipinski definition) is 3. The van der Waals surface area contributed by atoms with Gasteiger partial charge in [-0.05, 0) is 45.1 Å². The molecular formula is C15H22Cl2N2O2S. The van der Waals surface area contributed by atoms with E-state index in [0.717, 1.165) is 25.7 Å². The molecule has 1 fully saturated rings. The van der Waals surface area contributed by atoms with Gasteiger partial charge < -0.3 is 4.90 Å². The molecule has 0 amide bonds. The Kier molecular flexibility index (Phi) is 5.78. The molecule has 22 heavy (non-hydrogen) atoms. The maximum absolute atomic E-state index is 12.5. The summed E-state index contributed by atoms with van der Waals surface area (Å²) >= 11 is 11.8. The lowest BCUT2D eigenvalue weighted by Crippen LogP contribution is -2.53. The molecule has 124 valence electrons. The first-order valence-corrected chi connectivity index (χ1v) is 9.63. The molecule has 0 heterocycles. The average Bonchev–Trinajstić information content (AvgIpc) is 2.49. The van der Waals surface area contributed by atoms with Crippen molar-refractivity contribution in [1.29, 1.82) is 0 Å². The van der Waals surface area contributed by atoms with Crippen molar-refractivity contribution in [3.63, 3.8) is 0 Å². The van der Waals surface area contributed by atoms with E-state index >= 15 is 0 Å². The van der Waals surface area contributed by atoms with Gasteiger partial charge in [0.1, 0.15) is 0 Å². The van der Waals surface area contributed by atoms with Crippen LogP contribution in [0.5, 0.6) is 0 Å². The van der Waals surface area contributed by atoms with E-state index in [0.29, 0.717) is 11.6 Å². The monoisotopic (exact) mass is 364 g/mol. The Hall–Kier alpha value is -0.330. The molecule has 7 heteroatoms. The molecule has 2 rings (SSSR count). The summed E-state index contributed by atoms with van der Waals surface area (Å²) in [5, 5.41) is 0.585. The van der Waals surface area contributed by atoms with Gasteiger partial charge in [-0.1, -0.05) is 42.5 Å². The first-order valence-electron chi connectivity index (χ1n) is 7.39. The first kappa shape index (κ1) is 18.0. The SMILES string of the molecule is CN(C)C1(CNS(=O)(=O)c2ccc(Cl)c(Cl)c2)CCCCC1. The zero-order valence-corrected chi connectivity index (χ0v) is 15.2. The Bertz CT molecular complexity index is 626. The van der Waals surface area contributed by atoms with E-state index < -0.39 is 10.0 Å². The molecule has 0 saturated heterocycles. The molecule has 0 aliphatic heterocycles. The lowest BCUT2D eigenvalue weighted by atomic mass is 9.81. The summed E-state index contributed by atoms with van der Waals surface area (Å²) in [6.45, 7) is 0.405. The second-order valence-electron chi connectivity index (χ2n) is 6.08. The summed E-state index contributed by atoms with van der Waals surface area (Å²) in [4.78, 5) is 2.29. The van der Waals surface area contributed by atoms with Gasteiger partial charge in [0.15, 0.2) is 0 Å². The van der Waals surface area contributed by atoms with E-state index in [-0.39, 0.29) is 15.5 Å². The van der Waals surface area contributed by atoms with Crippen molar-refractivity contribution in [3.05, 3.63) is 28.2 Å². The van der Waals surface area contributed by atoms with Gasteiger partial charge in [0, 0.05) is 12.1 Å². The highest BCUT2D eigenvalue weighted by molar-refractivity contribution is 7.89. The largest absolute Gasteiger partial charge is 0.302 e. The third-order valence-electron chi connectivity index (χ3n) is 4.53. The van der Waals surface area contributed by atoms with Crippen LogP contribution in [0.15, 0.2) is 23.1 Å². The fourth-order valence-electron chi connectivity index (χ4n) is 2.95. The lowest BCUT2D eigenvalue weighted by molar-refractivity contribution is 0.105. The number of halogens is 2. The van der Waals surface area contributed by atoms with Crippen LogP contribution in [0.2, 0.25) is 10.0 Å². The zero-order valence-electron chi connectivity index (χ0n) is 12.9. The van der Waals surface area contributed by atoms with Crippen LogP contribution >= 0.6 is 23.2 Å². The number of benzene rings is 1. The molecule has 0 radical (unpaired) electrons. The molecule has 0 atom stereocenters. The quantitative estimate of drug-likeness (QED) is 0.868. The van der Waals surface area contributed by atoms with Crippen molar-refractivity contribution in [3.8, 4) is 0 Å². The van der Waals surface area contributed by atoms with Crippen molar-refractivity contribution in [2.24, 2.45) is 0 Å². The van der Waals surface area contributed by atoms with Crippen molar-refractivity contribution in [1.82, 2.24) is 9.62 Å². The van der Waals surface area contributed by atoms with Gasteiger partial charge in [-0.15, -0.1) is 0 Å². The molecule has 1 aliphatic rings. The summed E-state index contributed by atoms with van der Waals surface area (Å²) in [7, 11) is 0.435. The predicted octanol–water partition coefficient (Wildman–Crippen LogP) is 3.54. The van der Waals surface area contributed by atoms with E-state index in [4.69, 9.17) is 23.2 Å². The van der Waals surface area contributed by atoms with Crippen LogP contribution < -0.4 is 4.72 Å². The molecule has 0 aromatic heterocycles. The summed E-state index contributed by atoms with van der Waals surface area (Å²) in [5.41, 5.74) is -0.110. The topological polar surface area (TPSA) is 49.4 Å². The minimum atomic E-state index is -3.59. The number of likely N-dealkylation sites (N-methyl/N-ethyl adjacent to an activating group) is 1. The highest BCUT2D eigenvalue weighted by Gasteiger charge is 2.35. The maximum atomic E-state index is 12.5. The molecule has 1 N–H and O–H groups in total. The van der Waals surface area contributed by atoms with Crippen LogP contribution in [-0.2, 0) is 10.0 Å². The van der Waals surface area contributed by atoms with E-state index in [1.807, 2.05) is 14.1 Å². The molecule has 0 unspecified atom stereocenters. The predicted molar refractivity (Wildman–Crippen MR) is 91.2 cm³/mol. The minimum absolute atomic E-state index is 0.110. The van der Waals surface area contributed by atoms with E-state index in [9.17, 15) is 8.42 Å². The number of hydrogen-bond donors (Lipinski definition) is 1.